The molecule has 0 radical (unpaired) electrons. The summed E-state index contributed by atoms with van der Waals surface area (Å²) in [5.41, 5.74) is -5.48. The molecule has 0 aromatic heterocycles. The maximum Gasteiger partial charge on any atom is 0.396 e. The van der Waals surface area contributed by atoms with Crippen molar-refractivity contribution in [2.24, 2.45) is 22.2 Å². The summed E-state index contributed by atoms with van der Waals surface area (Å²) >= 11 is 0. The molecule has 0 aliphatic heterocycles. The second-order valence-corrected chi connectivity index (χ2v) is 11.2. The van der Waals surface area contributed by atoms with Crippen molar-refractivity contribution >= 4 is 0 Å². The highest BCUT2D eigenvalue weighted by atomic mass is 19.4. The van der Waals surface area contributed by atoms with Crippen LogP contribution in [0.15, 0.2) is 0 Å². The molecule has 0 spiro atoms. The first-order chi connectivity index (χ1) is 14.9. The monoisotopic (exact) mass is 470 g/mol. The first kappa shape index (κ1) is 27.8. The molecule has 0 bridgehead atoms. The van der Waals surface area contributed by atoms with Gasteiger partial charge in [0.2, 0.25) is 0 Å². The van der Waals surface area contributed by atoms with Gasteiger partial charge in [-0.25, -0.2) is 0 Å². The molecular weight excluding hydrogens is 426 g/mol. The topological polar surface area (TPSA) is 0 Å². The van der Waals surface area contributed by atoms with Crippen LogP contribution in [-0.2, 0) is 0 Å². The Morgan fingerprint density at radius 2 is 1.03 bits per heavy atom. The Morgan fingerprint density at radius 3 is 1.41 bits per heavy atom. The van der Waals surface area contributed by atoms with Crippen molar-refractivity contribution in [3.05, 3.63) is 0 Å². The van der Waals surface area contributed by atoms with Gasteiger partial charge >= 0.3 is 12.4 Å². The molecule has 2 saturated carbocycles. The molecule has 0 saturated heterocycles. The van der Waals surface area contributed by atoms with Crippen LogP contribution in [-0.4, -0.2) is 12.4 Å². The first-order valence-corrected chi connectivity index (χ1v) is 13.0. The Bertz CT molecular complexity index is 526. The van der Waals surface area contributed by atoms with Crippen LogP contribution in [0.1, 0.15) is 130 Å². The number of unbranched alkanes of at least 4 members (excludes halogenated alkanes) is 5. The van der Waals surface area contributed by atoms with Gasteiger partial charge in [-0.05, 0) is 42.9 Å². The average molecular weight is 471 g/mol. The summed E-state index contributed by atoms with van der Waals surface area (Å²) in [5, 5.41) is 0. The summed E-state index contributed by atoms with van der Waals surface area (Å²) in [6, 6.07) is 0. The largest absolute Gasteiger partial charge is 0.396 e. The molecule has 190 valence electrons. The van der Waals surface area contributed by atoms with Gasteiger partial charge in [0.1, 0.15) is 0 Å². The smallest absolute Gasteiger partial charge is 0.171 e. The van der Waals surface area contributed by atoms with E-state index in [-0.39, 0.29) is 32.1 Å². The Morgan fingerprint density at radius 1 is 0.625 bits per heavy atom. The minimum absolute atomic E-state index is 0.220. The van der Waals surface area contributed by atoms with Gasteiger partial charge in [-0.1, -0.05) is 97.8 Å². The summed E-state index contributed by atoms with van der Waals surface area (Å²) in [6.07, 6.45) is -0.631. The maximum atomic E-state index is 15.4. The van der Waals surface area contributed by atoms with Crippen molar-refractivity contribution in [1.82, 2.24) is 0 Å². The summed E-state index contributed by atoms with van der Waals surface area (Å²) in [4.78, 5) is 0. The van der Waals surface area contributed by atoms with E-state index in [4.69, 9.17) is 0 Å². The standard InChI is InChI=1S/C26H44F6/c1-4-5-6-7-8-11-16-21(25(27,28)29)24(26(30,31)32,22(2)17-12-9-13-18-22)23(3)19-14-10-15-20-23/h21H,4-20H2,1-3H3. The lowest BCUT2D eigenvalue weighted by atomic mass is 9.40. The predicted molar refractivity (Wildman–Crippen MR) is 118 cm³/mol. The normalized spacial score (nSPS) is 23.2. The van der Waals surface area contributed by atoms with Gasteiger partial charge in [-0.3, -0.25) is 0 Å². The molecule has 0 aromatic carbocycles. The fraction of sp³-hybridized carbons (Fsp3) is 1.00. The third-order valence-corrected chi connectivity index (χ3v) is 9.03. The van der Waals surface area contributed by atoms with Gasteiger partial charge in [-0.2, -0.15) is 26.3 Å². The Balaban J connectivity index is 2.56. The second-order valence-electron chi connectivity index (χ2n) is 11.2. The fourth-order valence-corrected chi connectivity index (χ4v) is 7.66. The van der Waals surface area contributed by atoms with Crippen LogP contribution in [0.3, 0.4) is 0 Å². The highest BCUT2D eigenvalue weighted by Crippen LogP contribution is 2.74. The van der Waals surface area contributed by atoms with Crippen molar-refractivity contribution in [1.29, 1.82) is 0 Å². The summed E-state index contributed by atoms with van der Waals surface area (Å²) in [5.74, 6) is -2.33. The van der Waals surface area contributed by atoms with Gasteiger partial charge < -0.3 is 0 Å². The van der Waals surface area contributed by atoms with Crippen molar-refractivity contribution in [2.75, 3.05) is 0 Å². The van der Waals surface area contributed by atoms with Crippen LogP contribution in [0.25, 0.3) is 0 Å². The van der Waals surface area contributed by atoms with E-state index >= 15 is 13.2 Å². The van der Waals surface area contributed by atoms with Gasteiger partial charge in [-0.15, -0.1) is 0 Å². The Labute approximate surface area is 191 Å². The molecule has 2 aliphatic rings. The quantitative estimate of drug-likeness (QED) is 0.220. The lowest BCUT2D eigenvalue weighted by Crippen LogP contribution is -2.67. The third kappa shape index (κ3) is 5.45. The zero-order valence-electron chi connectivity index (χ0n) is 20.4. The lowest BCUT2D eigenvalue weighted by Gasteiger charge is -2.64. The van der Waals surface area contributed by atoms with Crippen LogP contribution in [0, 0.1) is 22.2 Å². The molecule has 0 aromatic rings. The summed E-state index contributed by atoms with van der Waals surface area (Å²) in [6.45, 7) is 5.17. The van der Waals surface area contributed by atoms with E-state index in [0.29, 0.717) is 32.1 Å². The van der Waals surface area contributed by atoms with Crippen molar-refractivity contribution in [3.8, 4) is 0 Å². The molecule has 1 unspecified atom stereocenters. The highest BCUT2D eigenvalue weighted by Gasteiger charge is 2.78. The number of rotatable bonds is 10. The van der Waals surface area contributed by atoms with E-state index in [9.17, 15) is 13.2 Å². The molecule has 1 atom stereocenters. The van der Waals surface area contributed by atoms with E-state index in [2.05, 4.69) is 6.92 Å². The van der Waals surface area contributed by atoms with Crippen LogP contribution >= 0.6 is 0 Å². The van der Waals surface area contributed by atoms with E-state index < -0.39 is 40.9 Å². The van der Waals surface area contributed by atoms with Crippen LogP contribution in [0.5, 0.6) is 0 Å². The highest BCUT2D eigenvalue weighted by molar-refractivity contribution is 5.14. The van der Waals surface area contributed by atoms with Crippen LogP contribution < -0.4 is 0 Å². The van der Waals surface area contributed by atoms with Crippen LogP contribution in [0.2, 0.25) is 0 Å². The molecule has 2 aliphatic carbocycles. The second kappa shape index (κ2) is 10.9. The number of alkyl halides is 6. The van der Waals surface area contributed by atoms with Gasteiger partial charge in [0, 0.05) is 0 Å². The SMILES string of the molecule is CCCCCCCCC(C(F)(F)F)C(C(F)(F)F)(C1(C)CCCCC1)C1(C)CCCCC1. The summed E-state index contributed by atoms with van der Waals surface area (Å²) in [7, 11) is 0. The fourth-order valence-electron chi connectivity index (χ4n) is 7.66. The molecule has 6 heteroatoms. The van der Waals surface area contributed by atoms with Gasteiger partial charge in [0.25, 0.3) is 0 Å². The van der Waals surface area contributed by atoms with Gasteiger partial charge in [0.15, 0.2) is 0 Å². The van der Waals surface area contributed by atoms with E-state index in [1.807, 2.05) is 0 Å². The molecular formula is C26H44F6. The number of hydrogen-bond acceptors (Lipinski definition) is 0. The molecule has 0 N–H and O–H groups in total. The molecule has 0 heterocycles. The Hall–Kier alpha value is -0.420. The third-order valence-electron chi connectivity index (χ3n) is 9.03. The maximum absolute atomic E-state index is 15.4. The average Bonchev–Trinajstić information content (AvgIpc) is 2.68. The molecule has 0 amide bonds. The Kier molecular flexibility index (Phi) is 9.46. The van der Waals surface area contributed by atoms with E-state index in [1.165, 1.54) is 0 Å². The van der Waals surface area contributed by atoms with Gasteiger partial charge in [0.05, 0.1) is 11.3 Å². The number of halogens is 6. The summed E-state index contributed by atoms with van der Waals surface area (Å²) < 4.78 is 90.3. The molecule has 32 heavy (non-hydrogen) atoms. The van der Waals surface area contributed by atoms with Crippen molar-refractivity contribution in [2.45, 2.75) is 142 Å². The zero-order valence-corrected chi connectivity index (χ0v) is 20.4. The van der Waals surface area contributed by atoms with Crippen LogP contribution in [0.4, 0.5) is 26.3 Å². The van der Waals surface area contributed by atoms with Crippen molar-refractivity contribution in [3.63, 3.8) is 0 Å². The molecule has 0 nitrogen and oxygen atoms in total. The number of hydrogen-bond donors (Lipinski definition) is 0. The minimum atomic E-state index is -4.90. The zero-order chi connectivity index (χ0) is 24.1. The van der Waals surface area contributed by atoms with Crippen molar-refractivity contribution < 1.29 is 26.3 Å². The first-order valence-electron chi connectivity index (χ1n) is 13.0. The molecule has 2 fully saturated rings. The molecule has 2 rings (SSSR count). The lowest BCUT2D eigenvalue weighted by molar-refractivity contribution is -0.376. The minimum Gasteiger partial charge on any atom is -0.171 e. The van der Waals surface area contributed by atoms with E-state index in [0.717, 1.165) is 38.5 Å². The predicted octanol–water partition coefficient (Wildman–Crippen LogP) is 10.4. The van der Waals surface area contributed by atoms with E-state index in [1.54, 1.807) is 13.8 Å².